The number of carbonyl (C=O) groups excluding carboxylic acids is 1. The fraction of sp³-hybridized carbons (Fsp3) is 0.353. The number of furan rings is 2. The first-order chi connectivity index (χ1) is 11.9. The molecule has 3 rings (SSSR count). The highest BCUT2D eigenvalue weighted by Crippen LogP contribution is 2.22. The van der Waals surface area contributed by atoms with E-state index in [0.29, 0.717) is 35.4 Å². The standard InChI is InChI=1S/C17H19N3O5/c1-11-5-6-13(24-11)17(2,22)10-18-14(21)7-8-15-19-16(20-25-15)12-4-3-9-23-12/h3-6,9,22H,7-8,10H2,1-2H3,(H,18,21). The molecule has 3 heterocycles. The van der Waals surface area contributed by atoms with E-state index in [1.807, 2.05) is 0 Å². The molecule has 0 radical (unpaired) electrons. The van der Waals surface area contributed by atoms with Crippen molar-refractivity contribution in [2.75, 3.05) is 6.54 Å². The molecule has 0 saturated heterocycles. The van der Waals surface area contributed by atoms with Gasteiger partial charge < -0.3 is 23.8 Å². The average molecular weight is 345 g/mol. The van der Waals surface area contributed by atoms with Crippen LogP contribution in [0.2, 0.25) is 0 Å². The summed E-state index contributed by atoms with van der Waals surface area (Å²) in [7, 11) is 0. The highest BCUT2D eigenvalue weighted by molar-refractivity contribution is 5.76. The van der Waals surface area contributed by atoms with Gasteiger partial charge in [0.25, 0.3) is 0 Å². The number of rotatable bonds is 7. The molecule has 0 aliphatic carbocycles. The molecule has 3 aromatic rings. The van der Waals surface area contributed by atoms with Crippen LogP contribution in [0.3, 0.4) is 0 Å². The number of hydrogen-bond acceptors (Lipinski definition) is 7. The average Bonchev–Trinajstić information content (AvgIpc) is 3.31. The molecule has 1 unspecified atom stereocenters. The molecule has 0 aromatic carbocycles. The molecule has 3 aromatic heterocycles. The van der Waals surface area contributed by atoms with Crippen molar-refractivity contribution in [3.63, 3.8) is 0 Å². The number of aryl methyl sites for hydroxylation is 2. The SMILES string of the molecule is Cc1ccc(C(C)(O)CNC(=O)CCc2nc(-c3ccco3)no2)o1. The van der Waals surface area contributed by atoms with Crippen LogP contribution in [-0.2, 0) is 16.8 Å². The normalized spacial score (nSPS) is 13.6. The minimum absolute atomic E-state index is 0.0419. The summed E-state index contributed by atoms with van der Waals surface area (Å²) >= 11 is 0. The Balaban J connectivity index is 1.48. The van der Waals surface area contributed by atoms with Gasteiger partial charge in [0, 0.05) is 12.8 Å². The van der Waals surface area contributed by atoms with Crippen molar-refractivity contribution in [1.82, 2.24) is 15.5 Å². The van der Waals surface area contributed by atoms with E-state index in [2.05, 4.69) is 15.5 Å². The molecule has 8 nitrogen and oxygen atoms in total. The van der Waals surface area contributed by atoms with Gasteiger partial charge in [-0.3, -0.25) is 4.79 Å². The highest BCUT2D eigenvalue weighted by Gasteiger charge is 2.27. The lowest BCUT2D eigenvalue weighted by atomic mass is 10.0. The lowest BCUT2D eigenvalue weighted by Gasteiger charge is -2.21. The zero-order valence-corrected chi connectivity index (χ0v) is 14.0. The van der Waals surface area contributed by atoms with Gasteiger partial charge in [-0.15, -0.1) is 0 Å². The van der Waals surface area contributed by atoms with Crippen LogP contribution >= 0.6 is 0 Å². The molecule has 0 saturated carbocycles. The van der Waals surface area contributed by atoms with Crippen molar-refractivity contribution in [3.8, 4) is 11.6 Å². The van der Waals surface area contributed by atoms with Crippen molar-refractivity contribution < 1.29 is 23.3 Å². The van der Waals surface area contributed by atoms with Crippen molar-refractivity contribution in [2.24, 2.45) is 0 Å². The van der Waals surface area contributed by atoms with E-state index in [-0.39, 0.29) is 18.9 Å². The monoisotopic (exact) mass is 345 g/mol. The molecule has 1 atom stereocenters. The third-order valence-electron chi connectivity index (χ3n) is 3.68. The van der Waals surface area contributed by atoms with Crippen LogP contribution in [-0.4, -0.2) is 27.7 Å². The van der Waals surface area contributed by atoms with E-state index < -0.39 is 5.60 Å². The zero-order chi connectivity index (χ0) is 17.9. The van der Waals surface area contributed by atoms with Gasteiger partial charge >= 0.3 is 0 Å². The Morgan fingerprint density at radius 1 is 1.36 bits per heavy atom. The van der Waals surface area contributed by atoms with E-state index in [0.717, 1.165) is 0 Å². The number of nitrogens with zero attached hydrogens (tertiary/aromatic N) is 2. The summed E-state index contributed by atoms with van der Waals surface area (Å²) < 4.78 is 15.7. The maximum atomic E-state index is 12.0. The number of aliphatic hydroxyl groups is 1. The topological polar surface area (TPSA) is 115 Å². The summed E-state index contributed by atoms with van der Waals surface area (Å²) in [6.45, 7) is 3.42. The molecule has 132 valence electrons. The smallest absolute Gasteiger partial charge is 0.238 e. The molecule has 0 aliphatic heterocycles. The van der Waals surface area contributed by atoms with Crippen LogP contribution in [0.15, 0.2) is 43.9 Å². The predicted octanol–water partition coefficient (Wildman–Crippen LogP) is 2.19. The van der Waals surface area contributed by atoms with Crippen LogP contribution in [0.5, 0.6) is 0 Å². The third-order valence-corrected chi connectivity index (χ3v) is 3.68. The molecule has 0 bridgehead atoms. The van der Waals surface area contributed by atoms with Crippen molar-refractivity contribution in [2.45, 2.75) is 32.3 Å². The van der Waals surface area contributed by atoms with E-state index in [1.165, 1.54) is 6.26 Å². The number of hydrogen-bond donors (Lipinski definition) is 2. The van der Waals surface area contributed by atoms with Gasteiger partial charge in [-0.05, 0) is 38.1 Å². The van der Waals surface area contributed by atoms with Gasteiger partial charge in [0.15, 0.2) is 5.76 Å². The fourth-order valence-electron chi connectivity index (χ4n) is 2.25. The molecule has 0 fully saturated rings. The second kappa shape index (κ2) is 6.94. The first kappa shape index (κ1) is 17.0. The number of nitrogens with one attached hydrogen (secondary N) is 1. The Bertz CT molecular complexity index is 832. The minimum Gasteiger partial charge on any atom is -0.463 e. The van der Waals surface area contributed by atoms with E-state index in [4.69, 9.17) is 13.4 Å². The number of amides is 1. The molecule has 1 amide bonds. The van der Waals surface area contributed by atoms with E-state index in [1.54, 1.807) is 38.1 Å². The van der Waals surface area contributed by atoms with Gasteiger partial charge in [0.05, 0.1) is 12.8 Å². The summed E-state index contributed by atoms with van der Waals surface area (Å²) in [5.74, 6) is 2.06. The molecule has 2 N–H and O–H groups in total. The van der Waals surface area contributed by atoms with Crippen LogP contribution < -0.4 is 5.32 Å². The molecule has 25 heavy (non-hydrogen) atoms. The second-order valence-corrected chi connectivity index (χ2v) is 5.95. The lowest BCUT2D eigenvalue weighted by molar-refractivity contribution is -0.122. The zero-order valence-electron chi connectivity index (χ0n) is 14.0. The Hall–Kier alpha value is -2.87. The number of aromatic nitrogens is 2. The maximum Gasteiger partial charge on any atom is 0.238 e. The van der Waals surface area contributed by atoms with Crippen LogP contribution in [0.4, 0.5) is 0 Å². The van der Waals surface area contributed by atoms with Crippen molar-refractivity contribution in [3.05, 3.63) is 47.9 Å². The molecular weight excluding hydrogens is 326 g/mol. The summed E-state index contributed by atoms with van der Waals surface area (Å²) in [4.78, 5) is 16.1. The summed E-state index contributed by atoms with van der Waals surface area (Å²) in [6.07, 6.45) is 1.97. The first-order valence-electron chi connectivity index (χ1n) is 7.86. The van der Waals surface area contributed by atoms with Gasteiger partial charge in [0.1, 0.15) is 17.1 Å². The summed E-state index contributed by atoms with van der Waals surface area (Å²) in [5, 5.41) is 16.9. The molecular formula is C17H19N3O5. The van der Waals surface area contributed by atoms with Gasteiger partial charge in [-0.25, -0.2) is 0 Å². The molecule has 8 heteroatoms. The predicted molar refractivity (Wildman–Crippen MR) is 86.3 cm³/mol. The quantitative estimate of drug-likeness (QED) is 0.674. The molecule has 0 aliphatic rings. The van der Waals surface area contributed by atoms with E-state index >= 15 is 0 Å². The van der Waals surface area contributed by atoms with Crippen LogP contribution in [0.1, 0.15) is 30.8 Å². The summed E-state index contributed by atoms with van der Waals surface area (Å²) in [6, 6.07) is 6.90. The molecule has 0 spiro atoms. The minimum atomic E-state index is -1.28. The van der Waals surface area contributed by atoms with Crippen LogP contribution in [0.25, 0.3) is 11.6 Å². The second-order valence-electron chi connectivity index (χ2n) is 5.95. The Labute approximate surface area is 143 Å². The third kappa shape index (κ3) is 4.16. The van der Waals surface area contributed by atoms with E-state index in [9.17, 15) is 9.90 Å². The van der Waals surface area contributed by atoms with Gasteiger partial charge in [-0.1, -0.05) is 5.16 Å². The largest absolute Gasteiger partial charge is 0.463 e. The number of carbonyl (C=O) groups is 1. The Morgan fingerprint density at radius 2 is 2.20 bits per heavy atom. The maximum absolute atomic E-state index is 12.0. The highest BCUT2D eigenvalue weighted by atomic mass is 16.5. The van der Waals surface area contributed by atoms with Gasteiger partial charge in [-0.2, -0.15) is 4.98 Å². The Morgan fingerprint density at radius 3 is 2.88 bits per heavy atom. The summed E-state index contributed by atoms with van der Waals surface area (Å²) in [5.41, 5.74) is -1.28. The fourth-order valence-corrected chi connectivity index (χ4v) is 2.25. The Kier molecular flexibility index (Phi) is 4.71. The lowest BCUT2D eigenvalue weighted by Crippen LogP contribution is -2.38. The van der Waals surface area contributed by atoms with Crippen LogP contribution in [0, 0.1) is 6.92 Å². The first-order valence-corrected chi connectivity index (χ1v) is 7.86. The van der Waals surface area contributed by atoms with Crippen molar-refractivity contribution in [1.29, 1.82) is 0 Å². The van der Waals surface area contributed by atoms with Gasteiger partial charge in [0.2, 0.25) is 17.6 Å². The van der Waals surface area contributed by atoms with Crippen molar-refractivity contribution >= 4 is 5.91 Å².